The van der Waals surface area contributed by atoms with Crippen LogP contribution in [-0.4, -0.2) is 44.1 Å². The van der Waals surface area contributed by atoms with Gasteiger partial charge in [-0.05, 0) is 24.6 Å². The minimum Gasteiger partial charge on any atom is -0.395 e. The minimum atomic E-state index is -3.66. The molecule has 0 atom stereocenters. The number of rotatable bonds is 5. The molecular weight excluding hydrogens is 276 g/mol. The summed E-state index contributed by atoms with van der Waals surface area (Å²) < 4.78 is 26.4. The van der Waals surface area contributed by atoms with E-state index in [-0.39, 0.29) is 24.6 Å². The number of nitrogens with two attached hydrogens (primary N) is 1. The van der Waals surface area contributed by atoms with E-state index >= 15 is 0 Å². The van der Waals surface area contributed by atoms with Crippen LogP contribution in [0.5, 0.6) is 0 Å². The van der Waals surface area contributed by atoms with Gasteiger partial charge in [-0.3, -0.25) is 0 Å². The summed E-state index contributed by atoms with van der Waals surface area (Å²) in [7, 11) is -3.66. The third-order valence-electron chi connectivity index (χ3n) is 2.78. The van der Waals surface area contributed by atoms with Crippen molar-refractivity contribution >= 4 is 10.0 Å². The van der Waals surface area contributed by atoms with Crippen LogP contribution in [0.2, 0.25) is 0 Å². The van der Waals surface area contributed by atoms with Gasteiger partial charge in [-0.15, -0.1) is 0 Å². The number of sulfonamides is 1. The van der Waals surface area contributed by atoms with E-state index in [0.717, 1.165) is 5.56 Å². The van der Waals surface area contributed by atoms with Gasteiger partial charge >= 0.3 is 0 Å². The maximum absolute atomic E-state index is 12.6. The average molecular weight is 296 g/mol. The summed E-state index contributed by atoms with van der Waals surface area (Å²) >= 11 is 0. The second kappa shape index (κ2) is 7.41. The highest BCUT2D eigenvalue weighted by Crippen LogP contribution is 2.20. The first kappa shape index (κ1) is 16.7. The van der Waals surface area contributed by atoms with Gasteiger partial charge in [-0.1, -0.05) is 24.8 Å². The van der Waals surface area contributed by atoms with E-state index in [4.69, 9.17) is 10.8 Å². The van der Waals surface area contributed by atoms with Gasteiger partial charge in [0.2, 0.25) is 10.0 Å². The zero-order chi connectivity index (χ0) is 15.2. The Bertz CT molecular complexity index is 615. The molecule has 5 nitrogen and oxygen atoms in total. The Kier molecular flexibility index (Phi) is 6.17. The molecule has 3 N–H and O–H groups in total. The summed E-state index contributed by atoms with van der Waals surface area (Å²) in [5.74, 6) is 5.48. The van der Waals surface area contributed by atoms with E-state index < -0.39 is 10.0 Å². The quantitative estimate of drug-likeness (QED) is 0.766. The topological polar surface area (TPSA) is 83.6 Å². The number of benzene rings is 1. The number of aliphatic hydroxyl groups is 1. The van der Waals surface area contributed by atoms with E-state index in [1.165, 1.54) is 4.31 Å². The fourth-order valence-corrected chi connectivity index (χ4v) is 3.38. The largest absolute Gasteiger partial charge is 0.395 e. The van der Waals surface area contributed by atoms with Gasteiger partial charge in [0.15, 0.2) is 0 Å². The van der Waals surface area contributed by atoms with Crippen LogP contribution in [0.25, 0.3) is 0 Å². The highest BCUT2D eigenvalue weighted by molar-refractivity contribution is 7.89. The first-order valence-electron chi connectivity index (χ1n) is 6.38. The van der Waals surface area contributed by atoms with Crippen LogP contribution < -0.4 is 5.73 Å². The maximum atomic E-state index is 12.6. The van der Waals surface area contributed by atoms with Gasteiger partial charge in [0.25, 0.3) is 0 Å². The molecule has 0 unspecified atom stereocenters. The lowest BCUT2D eigenvalue weighted by atomic mass is 10.1. The second-order valence-corrected chi connectivity index (χ2v) is 6.13. The highest BCUT2D eigenvalue weighted by atomic mass is 32.2. The Morgan fingerprint density at radius 3 is 2.65 bits per heavy atom. The molecule has 6 heteroatoms. The maximum Gasteiger partial charge on any atom is 0.244 e. The molecule has 0 fully saturated rings. The minimum absolute atomic E-state index is 0.0659. The number of nitrogens with zero attached hydrogens (tertiary/aromatic N) is 1. The molecule has 0 saturated heterocycles. The number of aliphatic hydroxyl groups excluding tert-OH is 1. The molecule has 0 aliphatic rings. The lowest BCUT2D eigenvalue weighted by Gasteiger charge is -2.20. The lowest BCUT2D eigenvalue weighted by Crippen LogP contribution is -2.33. The van der Waals surface area contributed by atoms with Crippen molar-refractivity contribution in [1.82, 2.24) is 4.31 Å². The van der Waals surface area contributed by atoms with Crippen molar-refractivity contribution in [3.05, 3.63) is 29.3 Å². The summed E-state index contributed by atoms with van der Waals surface area (Å²) in [6, 6.07) is 5.00. The van der Waals surface area contributed by atoms with Crippen LogP contribution in [0.4, 0.5) is 0 Å². The van der Waals surface area contributed by atoms with Crippen LogP contribution in [0, 0.1) is 18.8 Å². The number of likely N-dealkylation sites (N-methyl/N-ethyl adjacent to an activating group) is 1. The summed E-state index contributed by atoms with van der Waals surface area (Å²) in [5.41, 5.74) is 6.70. The Balaban J connectivity index is 3.37. The zero-order valence-corrected chi connectivity index (χ0v) is 12.6. The molecule has 0 aromatic heterocycles. The van der Waals surface area contributed by atoms with Crippen LogP contribution in [0.1, 0.15) is 18.1 Å². The number of hydrogen-bond acceptors (Lipinski definition) is 4. The van der Waals surface area contributed by atoms with Gasteiger partial charge in [-0.25, -0.2) is 8.42 Å². The molecule has 0 bridgehead atoms. The lowest BCUT2D eigenvalue weighted by molar-refractivity contribution is 0.257. The molecular formula is C14H20N2O3S. The van der Waals surface area contributed by atoms with Crippen LogP contribution in [-0.2, 0) is 10.0 Å². The second-order valence-electron chi connectivity index (χ2n) is 4.23. The molecule has 1 aromatic rings. The first-order valence-corrected chi connectivity index (χ1v) is 7.82. The third kappa shape index (κ3) is 3.81. The molecule has 110 valence electrons. The van der Waals surface area contributed by atoms with Crippen molar-refractivity contribution in [2.75, 3.05) is 26.2 Å². The molecule has 0 aliphatic carbocycles. The molecule has 0 heterocycles. The van der Waals surface area contributed by atoms with Gasteiger partial charge in [0, 0.05) is 18.7 Å². The molecule has 0 spiro atoms. The van der Waals surface area contributed by atoms with Crippen LogP contribution in [0.15, 0.2) is 23.1 Å². The van der Waals surface area contributed by atoms with Gasteiger partial charge in [0.1, 0.15) is 0 Å². The predicted molar refractivity (Wildman–Crippen MR) is 78.6 cm³/mol. The number of hydrogen-bond donors (Lipinski definition) is 2. The van der Waals surface area contributed by atoms with E-state index in [2.05, 4.69) is 11.8 Å². The Morgan fingerprint density at radius 1 is 1.40 bits per heavy atom. The fourth-order valence-electron chi connectivity index (χ4n) is 1.81. The van der Waals surface area contributed by atoms with Gasteiger partial charge in [0.05, 0.1) is 18.0 Å². The van der Waals surface area contributed by atoms with Crippen molar-refractivity contribution in [1.29, 1.82) is 0 Å². The predicted octanol–water partition coefficient (Wildman–Crippen LogP) is 0.308. The van der Waals surface area contributed by atoms with Crippen molar-refractivity contribution in [3.63, 3.8) is 0 Å². The number of aryl methyl sites for hydroxylation is 1. The van der Waals surface area contributed by atoms with E-state index in [1.807, 2.05) is 6.92 Å². The van der Waals surface area contributed by atoms with Crippen molar-refractivity contribution < 1.29 is 13.5 Å². The Morgan fingerprint density at radius 2 is 2.10 bits per heavy atom. The molecule has 0 radical (unpaired) electrons. The summed E-state index contributed by atoms with van der Waals surface area (Å²) in [6.07, 6.45) is 0. The Hall–Kier alpha value is -1.39. The SMILES string of the molecule is CCN(CCO)S(=O)(=O)c1ccc(C)cc1C#CCN. The highest BCUT2D eigenvalue weighted by Gasteiger charge is 2.24. The van der Waals surface area contributed by atoms with Crippen molar-refractivity contribution in [3.8, 4) is 11.8 Å². The van der Waals surface area contributed by atoms with Crippen LogP contribution in [0.3, 0.4) is 0 Å². The van der Waals surface area contributed by atoms with E-state index in [0.29, 0.717) is 12.1 Å². The normalized spacial score (nSPS) is 11.2. The van der Waals surface area contributed by atoms with Gasteiger partial charge in [-0.2, -0.15) is 4.31 Å². The van der Waals surface area contributed by atoms with Crippen molar-refractivity contribution in [2.24, 2.45) is 5.73 Å². The smallest absolute Gasteiger partial charge is 0.244 e. The Labute approximate surface area is 120 Å². The third-order valence-corrected chi connectivity index (χ3v) is 4.81. The first-order chi connectivity index (χ1) is 9.47. The summed E-state index contributed by atoms with van der Waals surface area (Å²) in [6.45, 7) is 3.91. The standard InChI is InChI=1S/C14H20N2O3S/c1-3-16(9-10-17)20(18,19)14-7-6-12(2)11-13(14)5-4-8-15/h6-7,11,17H,3,8-10,15H2,1-2H3. The average Bonchev–Trinajstić information content (AvgIpc) is 2.42. The molecule has 1 aromatic carbocycles. The molecule has 1 rings (SSSR count). The van der Waals surface area contributed by atoms with E-state index in [9.17, 15) is 8.42 Å². The van der Waals surface area contributed by atoms with Gasteiger partial charge < -0.3 is 10.8 Å². The van der Waals surface area contributed by atoms with Crippen LogP contribution >= 0.6 is 0 Å². The molecule has 0 aliphatic heterocycles. The molecule has 20 heavy (non-hydrogen) atoms. The summed E-state index contributed by atoms with van der Waals surface area (Å²) in [4.78, 5) is 0.152. The van der Waals surface area contributed by atoms with Crippen molar-refractivity contribution in [2.45, 2.75) is 18.7 Å². The fraction of sp³-hybridized carbons (Fsp3) is 0.429. The monoisotopic (exact) mass is 296 g/mol. The summed E-state index contributed by atoms with van der Waals surface area (Å²) in [5, 5.41) is 8.98. The van der Waals surface area contributed by atoms with E-state index in [1.54, 1.807) is 25.1 Å². The molecule has 0 saturated carbocycles. The molecule has 0 amide bonds. The zero-order valence-electron chi connectivity index (χ0n) is 11.8.